The summed E-state index contributed by atoms with van der Waals surface area (Å²) in [6.45, 7) is 7.33. The van der Waals surface area contributed by atoms with Crippen LogP contribution >= 0.6 is 7.82 Å². The molecule has 0 radical (unpaired) electrons. The average molecular weight is 385 g/mol. The zero-order chi connectivity index (χ0) is 19.6. The van der Waals surface area contributed by atoms with E-state index in [9.17, 15) is 14.2 Å². The second-order valence-electron chi connectivity index (χ2n) is 4.81. The van der Waals surface area contributed by atoms with Crippen molar-refractivity contribution in [1.82, 2.24) is 0 Å². The van der Waals surface area contributed by atoms with E-state index in [0.717, 1.165) is 12.2 Å². The average Bonchev–Trinajstić information content (AvgIpc) is 2.59. The Morgan fingerprint density at radius 3 is 1.85 bits per heavy atom. The minimum absolute atomic E-state index is 0.00166. The molecular weight excluding hydrogens is 365 g/mol. The lowest BCUT2D eigenvalue weighted by Gasteiger charge is -2.24. The number of benzene rings is 1. The Kier molecular flexibility index (Phi) is 8.57. The van der Waals surface area contributed by atoms with Gasteiger partial charge in [0.2, 0.25) is 0 Å². The third kappa shape index (κ3) is 8.48. The van der Waals surface area contributed by atoms with Crippen LogP contribution in [0.4, 0.5) is 5.69 Å². The molecule has 0 saturated heterocycles. The molecule has 0 aromatic heterocycles. The third-order valence-corrected chi connectivity index (χ3v) is 3.42. The summed E-state index contributed by atoms with van der Waals surface area (Å²) in [6, 6.07) is 5.89. The van der Waals surface area contributed by atoms with Crippen LogP contribution in [-0.2, 0) is 23.6 Å². The van der Waals surface area contributed by atoms with E-state index >= 15 is 0 Å². The number of esters is 2. The van der Waals surface area contributed by atoms with Crippen LogP contribution < -0.4 is 9.42 Å². The van der Waals surface area contributed by atoms with Crippen LogP contribution in [0, 0.1) is 0 Å². The van der Waals surface area contributed by atoms with Crippen molar-refractivity contribution in [3.63, 3.8) is 0 Å². The summed E-state index contributed by atoms with van der Waals surface area (Å²) in [5.41, 5.74) is 0.646. The number of phosphoric acid groups is 1. The molecule has 0 saturated carbocycles. The quantitative estimate of drug-likeness (QED) is 0.331. The van der Waals surface area contributed by atoms with Gasteiger partial charge in [0.15, 0.2) is 0 Å². The molecule has 142 valence electrons. The maximum atomic E-state index is 11.1. The van der Waals surface area contributed by atoms with Crippen molar-refractivity contribution in [2.75, 3.05) is 31.2 Å². The summed E-state index contributed by atoms with van der Waals surface area (Å²) in [4.78, 5) is 41.6. The standard InChI is InChI=1S/C16H20NO8P/c1-3-15(18)23-11-9-17(10-12-24-16(19)4-2)13-5-7-14(8-6-13)25-26(20,21)22/h3-8H,1-2,9-12H2,(H2,20,21,22). The molecule has 1 aromatic rings. The highest BCUT2D eigenvalue weighted by molar-refractivity contribution is 7.46. The van der Waals surface area contributed by atoms with Crippen LogP contribution in [-0.4, -0.2) is 48.0 Å². The predicted molar refractivity (Wildman–Crippen MR) is 93.6 cm³/mol. The first-order valence-electron chi connectivity index (χ1n) is 7.43. The fourth-order valence-corrected chi connectivity index (χ4v) is 2.25. The van der Waals surface area contributed by atoms with Gasteiger partial charge < -0.3 is 18.9 Å². The van der Waals surface area contributed by atoms with Crippen molar-refractivity contribution >= 4 is 25.4 Å². The minimum atomic E-state index is -4.64. The van der Waals surface area contributed by atoms with E-state index < -0.39 is 19.8 Å². The largest absolute Gasteiger partial charge is 0.524 e. The number of hydrogen-bond acceptors (Lipinski definition) is 7. The maximum absolute atomic E-state index is 11.1. The molecule has 0 aliphatic heterocycles. The Morgan fingerprint density at radius 2 is 1.46 bits per heavy atom. The van der Waals surface area contributed by atoms with E-state index in [0.29, 0.717) is 18.8 Å². The van der Waals surface area contributed by atoms with Gasteiger partial charge in [-0.15, -0.1) is 0 Å². The third-order valence-electron chi connectivity index (χ3n) is 2.97. The molecule has 1 aromatic carbocycles. The molecule has 0 unspecified atom stereocenters. The van der Waals surface area contributed by atoms with Crippen LogP contribution in [0.25, 0.3) is 0 Å². The molecule has 0 aliphatic carbocycles. The van der Waals surface area contributed by atoms with Crippen molar-refractivity contribution in [2.24, 2.45) is 0 Å². The van der Waals surface area contributed by atoms with Gasteiger partial charge in [0.1, 0.15) is 19.0 Å². The van der Waals surface area contributed by atoms with Gasteiger partial charge in [0, 0.05) is 17.8 Å². The second-order valence-corrected chi connectivity index (χ2v) is 5.97. The fraction of sp³-hybridized carbons (Fsp3) is 0.250. The SMILES string of the molecule is C=CC(=O)OCCN(CCOC(=O)C=C)c1ccc(OP(=O)(O)O)cc1. The summed E-state index contributed by atoms with van der Waals surface area (Å²) >= 11 is 0. The van der Waals surface area contributed by atoms with Gasteiger partial charge >= 0.3 is 19.8 Å². The Labute approximate surface area is 150 Å². The first-order chi connectivity index (χ1) is 12.2. The van der Waals surface area contributed by atoms with Crippen molar-refractivity contribution in [2.45, 2.75) is 0 Å². The Hall–Kier alpha value is -2.61. The zero-order valence-electron chi connectivity index (χ0n) is 13.9. The molecule has 10 heteroatoms. The summed E-state index contributed by atoms with van der Waals surface area (Å²) < 4.78 is 25.2. The molecule has 0 spiro atoms. The van der Waals surface area contributed by atoms with Crippen LogP contribution in [0.5, 0.6) is 5.75 Å². The normalized spacial score (nSPS) is 10.5. The first-order valence-corrected chi connectivity index (χ1v) is 8.96. The van der Waals surface area contributed by atoms with Gasteiger partial charge in [0.25, 0.3) is 0 Å². The van der Waals surface area contributed by atoms with E-state index in [-0.39, 0.29) is 19.0 Å². The molecule has 0 amide bonds. The lowest BCUT2D eigenvalue weighted by molar-refractivity contribution is -0.137. The van der Waals surface area contributed by atoms with Gasteiger partial charge in [0.05, 0.1) is 13.1 Å². The summed E-state index contributed by atoms with van der Waals surface area (Å²) in [5.74, 6) is -1.12. The van der Waals surface area contributed by atoms with Crippen molar-refractivity contribution in [3.8, 4) is 5.75 Å². The van der Waals surface area contributed by atoms with E-state index in [1.54, 1.807) is 17.0 Å². The fourth-order valence-electron chi connectivity index (χ4n) is 1.86. The van der Waals surface area contributed by atoms with Crippen molar-refractivity contribution in [3.05, 3.63) is 49.6 Å². The predicted octanol–water partition coefficient (Wildman–Crippen LogP) is 1.42. The van der Waals surface area contributed by atoms with Gasteiger partial charge in [-0.3, -0.25) is 9.79 Å². The topological polar surface area (TPSA) is 123 Å². The van der Waals surface area contributed by atoms with Gasteiger partial charge in [-0.25, -0.2) is 14.2 Å². The molecule has 0 aliphatic rings. The summed E-state index contributed by atoms with van der Waals surface area (Å²) in [6.07, 6.45) is 2.09. The molecule has 0 bridgehead atoms. The molecule has 0 fully saturated rings. The monoisotopic (exact) mass is 385 g/mol. The number of ether oxygens (including phenoxy) is 2. The molecule has 0 atom stereocenters. The minimum Gasteiger partial charge on any atom is -0.461 e. The second kappa shape index (κ2) is 10.4. The summed E-state index contributed by atoms with van der Waals surface area (Å²) in [5, 5.41) is 0. The lowest BCUT2D eigenvalue weighted by atomic mass is 10.2. The molecule has 1 rings (SSSR count). The Balaban J connectivity index is 2.76. The van der Waals surface area contributed by atoms with Crippen molar-refractivity contribution in [1.29, 1.82) is 0 Å². The smallest absolute Gasteiger partial charge is 0.461 e. The van der Waals surface area contributed by atoms with Crippen LogP contribution in [0.15, 0.2) is 49.6 Å². The number of rotatable bonds is 11. The number of carbonyl (C=O) groups is 2. The maximum Gasteiger partial charge on any atom is 0.524 e. The number of nitrogens with zero attached hydrogens (tertiary/aromatic N) is 1. The highest BCUT2D eigenvalue weighted by Gasteiger charge is 2.16. The number of hydrogen-bond donors (Lipinski definition) is 2. The molecule has 0 heterocycles. The molecular formula is C16H20NO8P. The number of anilines is 1. The molecule has 26 heavy (non-hydrogen) atoms. The van der Waals surface area contributed by atoms with E-state index in [1.807, 2.05) is 0 Å². The van der Waals surface area contributed by atoms with Gasteiger partial charge in [-0.1, -0.05) is 13.2 Å². The van der Waals surface area contributed by atoms with E-state index in [2.05, 4.69) is 17.7 Å². The zero-order valence-corrected chi connectivity index (χ0v) is 14.8. The molecule has 2 N–H and O–H groups in total. The first kappa shape index (κ1) is 21.4. The molecule has 9 nitrogen and oxygen atoms in total. The Bertz CT molecular complexity index is 656. The highest BCUT2D eigenvalue weighted by Crippen LogP contribution is 2.37. The van der Waals surface area contributed by atoms with Crippen LogP contribution in [0.2, 0.25) is 0 Å². The van der Waals surface area contributed by atoms with Crippen molar-refractivity contribution < 1.29 is 37.9 Å². The van der Waals surface area contributed by atoms with E-state index in [1.165, 1.54) is 12.1 Å². The Morgan fingerprint density at radius 1 is 1.00 bits per heavy atom. The lowest BCUT2D eigenvalue weighted by Crippen LogP contribution is -2.31. The van der Waals surface area contributed by atoms with Crippen LogP contribution in [0.1, 0.15) is 0 Å². The van der Waals surface area contributed by atoms with E-state index in [4.69, 9.17) is 19.3 Å². The highest BCUT2D eigenvalue weighted by atomic mass is 31.2. The van der Waals surface area contributed by atoms with Crippen LogP contribution in [0.3, 0.4) is 0 Å². The van der Waals surface area contributed by atoms with Gasteiger partial charge in [-0.2, -0.15) is 0 Å². The number of phosphoric ester groups is 1. The van der Waals surface area contributed by atoms with Gasteiger partial charge in [-0.05, 0) is 24.3 Å². The summed E-state index contributed by atoms with van der Waals surface area (Å²) in [7, 11) is -4.64. The number of carbonyl (C=O) groups excluding carboxylic acids is 2.